The number of halogens is 1. The third kappa shape index (κ3) is 3.47. The Kier molecular flexibility index (Phi) is 4.09. The summed E-state index contributed by atoms with van der Waals surface area (Å²) in [5.41, 5.74) is 0.548. The molecule has 0 aliphatic rings. The number of carbonyl (C=O) groups excluding carboxylic acids is 1. The molecule has 14 heavy (non-hydrogen) atoms. The van der Waals surface area contributed by atoms with Gasteiger partial charge >= 0.3 is 5.97 Å². The third-order valence-electron chi connectivity index (χ3n) is 1.45. The van der Waals surface area contributed by atoms with Gasteiger partial charge in [0.1, 0.15) is 0 Å². The molecular weight excluding hydrogens is 270 g/mol. The van der Waals surface area contributed by atoms with E-state index in [1.54, 1.807) is 11.4 Å². The molecule has 0 saturated heterocycles. The second-order valence-electron chi connectivity index (χ2n) is 2.54. The van der Waals surface area contributed by atoms with Crippen LogP contribution in [-0.4, -0.2) is 23.5 Å². The highest BCUT2D eigenvalue weighted by molar-refractivity contribution is 9.11. The molecule has 1 rings (SSSR count). The second kappa shape index (κ2) is 5.11. The Bertz CT molecular complexity index is 350. The fraction of sp³-hybridized carbons (Fsp3) is 0.250. The molecule has 1 heterocycles. The van der Waals surface area contributed by atoms with Crippen LogP contribution in [0.4, 0.5) is 0 Å². The summed E-state index contributed by atoms with van der Waals surface area (Å²) in [6.45, 7) is 0.154. The van der Waals surface area contributed by atoms with Gasteiger partial charge in [-0.3, -0.25) is 9.59 Å². The van der Waals surface area contributed by atoms with Crippen LogP contribution in [0.3, 0.4) is 0 Å². The van der Waals surface area contributed by atoms with Crippen molar-refractivity contribution in [2.75, 3.05) is 6.54 Å². The van der Waals surface area contributed by atoms with Gasteiger partial charge < -0.3 is 10.4 Å². The fourth-order valence-corrected chi connectivity index (χ4v) is 1.95. The van der Waals surface area contributed by atoms with E-state index in [0.29, 0.717) is 5.56 Å². The lowest BCUT2D eigenvalue weighted by atomic mass is 10.3. The summed E-state index contributed by atoms with van der Waals surface area (Å²) >= 11 is 4.65. The Balaban J connectivity index is 2.39. The van der Waals surface area contributed by atoms with Crippen molar-refractivity contribution in [2.24, 2.45) is 0 Å². The van der Waals surface area contributed by atoms with Gasteiger partial charge in [-0.1, -0.05) is 0 Å². The predicted octanol–water partition coefficient (Wildman–Crippen LogP) is 1.72. The van der Waals surface area contributed by atoms with Crippen molar-refractivity contribution in [3.05, 3.63) is 20.8 Å². The van der Waals surface area contributed by atoms with E-state index in [2.05, 4.69) is 21.2 Å². The van der Waals surface area contributed by atoms with Crippen LogP contribution in [0.2, 0.25) is 0 Å². The zero-order valence-corrected chi connectivity index (χ0v) is 9.52. The lowest BCUT2D eigenvalue weighted by molar-refractivity contribution is -0.136. The first kappa shape index (κ1) is 11.2. The monoisotopic (exact) mass is 277 g/mol. The minimum atomic E-state index is -0.920. The van der Waals surface area contributed by atoms with Crippen LogP contribution < -0.4 is 5.32 Å². The Hall–Kier alpha value is -0.880. The van der Waals surface area contributed by atoms with Gasteiger partial charge in [0, 0.05) is 11.9 Å². The van der Waals surface area contributed by atoms with Crippen molar-refractivity contribution in [3.8, 4) is 0 Å². The Morgan fingerprint density at radius 2 is 2.29 bits per heavy atom. The van der Waals surface area contributed by atoms with Crippen molar-refractivity contribution >= 4 is 39.1 Å². The van der Waals surface area contributed by atoms with E-state index in [1.807, 2.05) is 0 Å². The molecule has 1 aromatic rings. The first-order valence-corrected chi connectivity index (χ1v) is 5.51. The highest BCUT2D eigenvalue weighted by Gasteiger charge is 2.07. The maximum Gasteiger partial charge on any atom is 0.305 e. The van der Waals surface area contributed by atoms with Gasteiger partial charge in [-0.2, -0.15) is 0 Å². The minimum absolute atomic E-state index is 0.0585. The highest BCUT2D eigenvalue weighted by Crippen LogP contribution is 2.20. The number of thiophene rings is 1. The van der Waals surface area contributed by atoms with E-state index in [-0.39, 0.29) is 18.9 Å². The van der Waals surface area contributed by atoms with Gasteiger partial charge in [0.25, 0.3) is 5.91 Å². The molecule has 4 nitrogen and oxygen atoms in total. The molecule has 1 amide bonds. The van der Waals surface area contributed by atoms with Gasteiger partial charge in [0.15, 0.2) is 0 Å². The zero-order valence-electron chi connectivity index (χ0n) is 7.12. The molecule has 0 spiro atoms. The van der Waals surface area contributed by atoms with Gasteiger partial charge in [-0.25, -0.2) is 0 Å². The lowest BCUT2D eigenvalue weighted by Gasteiger charge is -1.99. The number of amides is 1. The van der Waals surface area contributed by atoms with Crippen molar-refractivity contribution in [2.45, 2.75) is 6.42 Å². The average molecular weight is 278 g/mol. The summed E-state index contributed by atoms with van der Waals surface area (Å²) in [4.78, 5) is 21.5. The molecule has 0 radical (unpaired) electrons. The molecule has 0 fully saturated rings. The molecule has 0 aromatic carbocycles. The summed E-state index contributed by atoms with van der Waals surface area (Å²) in [6, 6.07) is 1.70. The molecule has 0 bridgehead atoms. The van der Waals surface area contributed by atoms with E-state index in [1.165, 1.54) is 11.3 Å². The summed E-state index contributed by atoms with van der Waals surface area (Å²) in [5.74, 6) is -1.16. The van der Waals surface area contributed by atoms with E-state index in [4.69, 9.17) is 5.11 Å². The Morgan fingerprint density at radius 1 is 1.57 bits per heavy atom. The SMILES string of the molecule is O=C(O)CCNC(=O)c1csc(Br)c1. The van der Waals surface area contributed by atoms with E-state index in [0.717, 1.165) is 3.79 Å². The summed E-state index contributed by atoms with van der Waals surface area (Å²) in [6.07, 6.45) is -0.0585. The van der Waals surface area contributed by atoms with Crippen molar-refractivity contribution in [1.29, 1.82) is 0 Å². The smallest absolute Gasteiger partial charge is 0.305 e. The Morgan fingerprint density at radius 3 is 2.79 bits per heavy atom. The number of hydrogen-bond acceptors (Lipinski definition) is 3. The van der Waals surface area contributed by atoms with Crippen LogP contribution in [0.25, 0.3) is 0 Å². The van der Waals surface area contributed by atoms with Crippen LogP contribution in [0.5, 0.6) is 0 Å². The van der Waals surface area contributed by atoms with Gasteiger partial charge in [0.2, 0.25) is 0 Å². The molecule has 0 aliphatic heterocycles. The summed E-state index contributed by atoms with van der Waals surface area (Å²) < 4.78 is 0.876. The van der Waals surface area contributed by atoms with Crippen molar-refractivity contribution in [1.82, 2.24) is 5.32 Å². The van der Waals surface area contributed by atoms with Crippen molar-refractivity contribution < 1.29 is 14.7 Å². The first-order chi connectivity index (χ1) is 6.59. The number of carboxylic acid groups (broad SMARTS) is 1. The predicted molar refractivity (Wildman–Crippen MR) is 56.6 cm³/mol. The number of nitrogens with one attached hydrogen (secondary N) is 1. The summed E-state index contributed by atoms with van der Waals surface area (Å²) in [5, 5.41) is 12.6. The largest absolute Gasteiger partial charge is 0.481 e. The third-order valence-corrected chi connectivity index (χ3v) is 2.96. The number of rotatable bonds is 4. The molecule has 0 unspecified atom stereocenters. The van der Waals surface area contributed by atoms with Crippen LogP contribution in [-0.2, 0) is 4.79 Å². The molecule has 0 aliphatic carbocycles. The molecule has 2 N–H and O–H groups in total. The maximum absolute atomic E-state index is 11.3. The standard InChI is InChI=1S/C8H8BrNO3S/c9-6-3-5(4-14-6)8(13)10-2-1-7(11)12/h3-4H,1-2H2,(H,10,13)(H,11,12). The van der Waals surface area contributed by atoms with Crippen molar-refractivity contribution in [3.63, 3.8) is 0 Å². The molecule has 1 aromatic heterocycles. The average Bonchev–Trinajstić information content (AvgIpc) is 2.51. The first-order valence-electron chi connectivity index (χ1n) is 3.83. The minimum Gasteiger partial charge on any atom is -0.481 e. The maximum atomic E-state index is 11.3. The summed E-state index contributed by atoms with van der Waals surface area (Å²) in [7, 11) is 0. The Labute approximate surface area is 93.1 Å². The van der Waals surface area contributed by atoms with Crippen LogP contribution >= 0.6 is 27.3 Å². The number of aliphatic carboxylic acids is 1. The van der Waals surface area contributed by atoms with Crippen LogP contribution in [0, 0.1) is 0 Å². The number of carboxylic acids is 1. The molecule has 0 saturated carbocycles. The van der Waals surface area contributed by atoms with Crippen LogP contribution in [0.15, 0.2) is 15.2 Å². The normalized spacial score (nSPS) is 9.79. The van der Waals surface area contributed by atoms with Gasteiger partial charge in [-0.15, -0.1) is 11.3 Å². The van der Waals surface area contributed by atoms with E-state index in [9.17, 15) is 9.59 Å². The fourth-order valence-electron chi connectivity index (χ4n) is 0.814. The van der Waals surface area contributed by atoms with Crippen LogP contribution in [0.1, 0.15) is 16.8 Å². The van der Waals surface area contributed by atoms with Gasteiger partial charge in [-0.05, 0) is 22.0 Å². The topological polar surface area (TPSA) is 66.4 Å². The number of hydrogen-bond donors (Lipinski definition) is 2. The molecule has 76 valence electrons. The lowest BCUT2D eigenvalue weighted by Crippen LogP contribution is -2.25. The molecular formula is C8H8BrNO3S. The second-order valence-corrected chi connectivity index (χ2v) is 4.83. The van der Waals surface area contributed by atoms with E-state index >= 15 is 0 Å². The van der Waals surface area contributed by atoms with Gasteiger partial charge in [0.05, 0.1) is 15.8 Å². The highest BCUT2D eigenvalue weighted by atomic mass is 79.9. The molecule has 6 heteroatoms. The number of carbonyl (C=O) groups is 2. The molecule has 0 atom stereocenters. The zero-order chi connectivity index (χ0) is 10.6. The quantitative estimate of drug-likeness (QED) is 0.881. The van der Waals surface area contributed by atoms with E-state index < -0.39 is 5.97 Å².